The van der Waals surface area contributed by atoms with E-state index in [1.165, 1.54) is 12.8 Å². The molecule has 1 aromatic carbocycles. The molecule has 2 N–H and O–H groups in total. The summed E-state index contributed by atoms with van der Waals surface area (Å²) in [7, 11) is 0. The minimum atomic E-state index is 0.683. The van der Waals surface area contributed by atoms with Gasteiger partial charge in [-0.2, -0.15) is 0 Å². The van der Waals surface area contributed by atoms with E-state index in [2.05, 4.69) is 20.3 Å². The van der Waals surface area contributed by atoms with Gasteiger partial charge in [-0.05, 0) is 42.5 Å². The number of pyridine rings is 1. The molecule has 22 heavy (non-hydrogen) atoms. The predicted molar refractivity (Wildman–Crippen MR) is 85.9 cm³/mol. The van der Waals surface area contributed by atoms with E-state index in [-0.39, 0.29) is 0 Å². The van der Waals surface area contributed by atoms with Crippen LogP contribution in [0, 0.1) is 5.92 Å². The normalized spacial score (nSPS) is 14.2. The number of para-hydroxylation sites is 2. The Morgan fingerprint density at radius 2 is 2.14 bits per heavy atom. The maximum Gasteiger partial charge on any atom is 0.213 e. The molecule has 112 valence electrons. The molecule has 1 saturated carbocycles. The molecule has 5 heteroatoms. The molecule has 0 amide bonds. The molecule has 0 unspecified atom stereocenters. The van der Waals surface area contributed by atoms with Gasteiger partial charge in [-0.1, -0.05) is 12.1 Å². The van der Waals surface area contributed by atoms with E-state index in [1.807, 2.05) is 36.4 Å². The van der Waals surface area contributed by atoms with Gasteiger partial charge in [0.05, 0.1) is 17.6 Å². The van der Waals surface area contributed by atoms with E-state index >= 15 is 0 Å². The second-order valence-electron chi connectivity index (χ2n) is 5.71. The predicted octanol–water partition coefficient (Wildman–Crippen LogP) is 3.36. The van der Waals surface area contributed by atoms with Gasteiger partial charge >= 0.3 is 0 Å². The van der Waals surface area contributed by atoms with E-state index < -0.39 is 0 Å². The fraction of sp³-hybridized carbons (Fsp3) is 0.294. The highest BCUT2D eigenvalue weighted by Gasteiger charge is 2.22. The van der Waals surface area contributed by atoms with Crippen LogP contribution < -0.4 is 10.1 Å². The summed E-state index contributed by atoms with van der Waals surface area (Å²) in [6, 6.07) is 12.0. The van der Waals surface area contributed by atoms with Crippen LogP contribution in [0.4, 0.5) is 5.95 Å². The highest BCUT2D eigenvalue weighted by Crippen LogP contribution is 2.29. The quantitative estimate of drug-likeness (QED) is 0.731. The first kappa shape index (κ1) is 13.1. The molecule has 0 aliphatic heterocycles. The van der Waals surface area contributed by atoms with Crippen molar-refractivity contribution in [2.24, 2.45) is 5.92 Å². The number of fused-ring (bicyclic) bond motifs is 1. The van der Waals surface area contributed by atoms with Crippen LogP contribution in [-0.2, 0) is 6.54 Å². The summed E-state index contributed by atoms with van der Waals surface area (Å²) in [5.41, 5.74) is 3.13. The number of aromatic nitrogens is 3. The lowest BCUT2D eigenvalue weighted by Gasteiger charge is -2.07. The number of anilines is 1. The number of imidazole rings is 1. The molecule has 3 aromatic rings. The number of nitrogens with one attached hydrogen (secondary N) is 2. The van der Waals surface area contributed by atoms with Crippen LogP contribution in [0.5, 0.6) is 5.88 Å². The topological polar surface area (TPSA) is 62.8 Å². The molecular weight excluding hydrogens is 276 g/mol. The third-order valence-electron chi connectivity index (χ3n) is 3.81. The van der Waals surface area contributed by atoms with Gasteiger partial charge in [0.15, 0.2) is 0 Å². The molecule has 1 aliphatic carbocycles. The van der Waals surface area contributed by atoms with Gasteiger partial charge in [0, 0.05) is 18.8 Å². The number of H-pyrrole nitrogens is 1. The fourth-order valence-electron chi connectivity index (χ4n) is 2.35. The number of rotatable bonds is 6. The van der Waals surface area contributed by atoms with Crippen LogP contribution in [0.1, 0.15) is 18.4 Å². The Hall–Kier alpha value is -2.56. The molecule has 1 aliphatic rings. The molecule has 4 rings (SSSR count). The van der Waals surface area contributed by atoms with Crippen LogP contribution in [0.15, 0.2) is 42.6 Å². The van der Waals surface area contributed by atoms with Crippen molar-refractivity contribution in [3.05, 3.63) is 48.2 Å². The highest BCUT2D eigenvalue weighted by atomic mass is 16.5. The molecule has 0 atom stereocenters. The molecule has 0 saturated heterocycles. The smallest absolute Gasteiger partial charge is 0.213 e. The minimum absolute atomic E-state index is 0.683. The molecule has 0 bridgehead atoms. The van der Waals surface area contributed by atoms with Gasteiger partial charge < -0.3 is 15.0 Å². The molecule has 2 aromatic heterocycles. The van der Waals surface area contributed by atoms with E-state index in [0.29, 0.717) is 12.4 Å². The van der Waals surface area contributed by atoms with E-state index in [0.717, 1.165) is 35.1 Å². The number of nitrogens with zero attached hydrogens (tertiary/aromatic N) is 2. The van der Waals surface area contributed by atoms with Gasteiger partial charge in [-0.25, -0.2) is 9.97 Å². The number of aromatic amines is 1. The Morgan fingerprint density at radius 1 is 1.23 bits per heavy atom. The average Bonchev–Trinajstić information content (AvgIpc) is 3.29. The molecule has 1 fully saturated rings. The maximum atomic E-state index is 5.71. The number of hydrogen-bond acceptors (Lipinski definition) is 4. The summed E-state index contributed by atoms with van der Waals surface area (Å²) < 4.78 is 5.71. The van der Waals surface area contributed by atoms with Crippen LogP contribution in [0.2, 0.25) is 0 Å². The average molecular weight is 294 g/mol. The summed E-state index contributed by atoms with van der Waals surface area (Å²) in [5, 5.41) is 3.30. The summed E-state index contributed by atoms with van der Waals surface area (Å²) in [5.74, 6) is 2.22. The largest absolute Gasteiger partial charge is 0.477 e. The van der Waals surface area contributed by atoms with Gasteiger partial charge in [0.1, 0.15) is 0 Å². The first-order valence-electron chi connectivity index (χ1n) is 7.63. The van der Waals surface area contributed by atoms with E-state index in [9.17, 15) is 0 Å². The van der Waals surface area contributed by atoms with Gasteiger partial charge in [0.2, 0.25) is 11.8 Å². The number of benzene rings is 1. The number of hydrogen-bond donors (Lipinski definition) is 2. The lowest BCUT2D eigenvalue weighted by Crippen LogP contribution is -2.04. The summed E-state index contributed by atoms with van der Waals surface area (Å²) in [6.45, 7) is 1.47. The summed E-state index contributed by atoms with van der Waals surface area (Å²) in [6.07, 6.45) is 4.36. The SMILES string of the molecule is c1ccc2[nH]c(NCc3ccnc(OCC4CC4)c3)nc2c1. The molecule has 0 radical (unpaired) electrons. The first-order chi connectivity index (χ1) is 10.9. The van der Waals surface area contributed by atoms with Crippen LogP contribution in [-0.4, -0.2) is 21.6 Å². The van der Waals surface area contributed by atoms with Crippen molar-refractivity contribution in [2.45, 2.75) is 19.4 Å². The second kappa shape index (κ2) is 5.67. The van der Waals surface area contributed by atoms with Crippen molar-refractivity contribution < 1.29 is 4.74 Å². The van der Waals surface area contributed by atoms with Gasteiger partial charge in [-0.15, -0.1) is 0 Å². The second-order valence-corrected chi connectivity index (χ2v) is 5.71. The standard InChI is InChI=1S/C17H18N4O/c1-2-4-15-14(3-1)20-17(21-15)19-10-13-7-8-18-16(9-13)22-11-12-5-6-12/h1-4,7-9,12H,5-6,10-11H2,(H2,19,20,21). The van der Waals surface area contributed by atoms with Gasteiger partial charge in [0.25, 0.3) is 0 Å². The molecule has 5 nitrogen and oxygen atoms in total. The van der Waals surface area contributed by atoms with Crippen molar-refractivity contribution in [3.63, 3.8) is 0 Å². The first-order valence-corrected chi connectivity index (χ1v) is 7.63. The monoisotopic (exact) mass is 294 g/mol. The zero-order valence-electron chi connectivity index (χ0n) is 12.2. The van der Waals surface area contributed by atoms with Crippen molar-refractivity contribution in [3.8, 4) is 5.88 Å². The Morgan fingerprint density at radius 3 is 3.00 bits per heavy atom. The van der Waals surface area contributed by atoms with Crippen molar-refractivity contribution in [1.29, 1.82) is 0 Å². The van der Waals surface area contributed by atoms with Crippen LogP contribution in [0.3, 0.4) is 0 Å². The zero-order valence-corrected chi connectivity index (χ0v) is 12.2. The molecule has 0 spiro atoms. The van der Waals surface area contributed by atoms with E-state index in [1.54, 1.807) is 6.20 Å². The Balaban J connectivity index is 1.40. The maximum absolute atomic E-state index is 5.71. The minimum Gasteiger partial charge on any atom is -0.477 e. The summed E-state index contributed by atoms with van der Waals surface area (Å²) >= 11 is 0. The third kappa shape index (κ3) is 3.03. The van der Waals surface area contributed by atoms with Crippen molar-refractivity contribution in [1.82, 2.24) is 15.0 Å². The highest BCUT2D eigenvalue weighted by molar-refractivity contribution is 5.77. The summed E-state index contributed by atoms with van der Waals surface area (Å²) in [4.78, 5) is 12.0. The van der Waals surface area contributed by atoms with Crippen LogP contribution >= 0.6 is 0 Å². The molecule has 2 heterocycles. The van der Waals surface area contributed by atoms with Crippen molar-refractivity contribution >= 4 is 17.0 Å². The lowest BCUT2D eigenvalue weighted by molar-refractivity contribution is 0.288. The van der Waals surface area contributed by atoms with Crippen molar-refractivity contribution in [2.75, 3.05) is 11.9 Å². The Labute approximate surface area is 128 Å². The van der Waals surface area contributed by atoms with Gasteiger partial charge in [-0.3, -0.25) is 0 Å². The van der Waals surface area contributed by atoms with Crippen LogP contribution in [0.25, 0.3) is 11.0 Å². The Bertz CT molecular complexity index is 746. The lowest BCUT2D eigenvalue weighted by atomic mass is 10.2. The zero-order chi connectivity index (χ0) is 14.8. The van der Waals surface area contributed by atoms with E-state index in [4.69, 9.17) is 4.74 Å². The third-order valence-corrected chi connectivity index (χ3v) is 3.81. The fourth-order valence-corrected chi connectivity index (χ4v) is 2.35. The number of ether oxygens (including phenoxy) is 1. The Kier molecular flexibility index (Phi) is 3.39. The molecular formula is C17H18N4O.